The Labute approximate surface area is 162 Å². The Morgan fingerprint density at radius 2 is 2.07 bits per heavy atom. The van der Waals surface area contributed by atoms with Gasteiger partial charge in [0.2, 0.25) is 0 Å². The van der Waals surface area contributed by atoms with Crippen molar-refractivity contribution in [2.75, 3.05) is 6.54 Å². The number of piperidine rings is 1. The molecule has 1 fully saturated rings. The van der Waals surface area contributed by atoms with Crippen LogP contribution in [0.5, 0.6) is 0 Å². The van der Waals surface area contributed by atoms with Crippen LogP contribution in [-0.4, -0.2) is 39.3 Å². The second kappa shape index (κ2) is 7.23. The maximum Gasteiger partial charge on any atom is 0.252 e. The number of pyridine rings is 1. The van der Waals surface area contributed by atoms with Crippen LogP contribution in [-0.2, 0) is 5.54 Å². The van der Waals surface area contributed by atoms with E-state index in [4.69, 9.17) is 10.1 Å². The summed E-state index contributed by atoms with van der Waals surface area (Å²) in [6, 6.07) is 2.59. The Hall–Kier alpha value is -1.95. The SMILES string of the molecule is Cc1nn(C(C)(C)C)c2nc(C(C)C)cc(C(=O)NC3CCNC(C)C3)c12. The molecule has 27 heavy (non-hydrogen) atoms. The zero-order valence-corrected chi connectivity index (χ0v) is 17.7. The molecule has 1 saturated heterocycles. The summed E-state index contributed by atoms with van der Waals surface area (Å²) in [4.78, 5) is 18.1. The zero-order chi connectivity index (χ0) is 19.9. The molecule has 2 aromatic rings. The highest BCUT2D eigenvalue weighted by Crippen LogP contribution is 2.29. The molecular weight excluding hydrogens is 338 g/mol. The number of aryl methyl sites for hydroxylation is 1. The Kier molecular flexibility index (Phi) is 5.30. The minimum atomic E-state index is -0.201. The predicted octanol–water partition coefficient (Wildman–Crippen LogP) is 3.49. The van der Waals surface area contributed by atoms with Crippen molar-refractivity contribution >= 4 is 16.9 Å². The Morgan fingerprint density at radius 3 is 2.67 bits per heavy atom. The molecular formula is C21H33N5O. The molecule has 1 amide bonds. The molecule has 0 aliphatic carbocycles. The van der Waals surface area contributed by atoms with Crippen LogP contribution in [0.2, 0.25) is 0 Å². The van der Waals surface area contributed by atoms with E-state index in [9.17, 15) is 4.79 Å². The first-order valence-electron chi connectivity index (χ1n) is 10.0. The summed E-state index contributed by atoms with van der Waals surface area (Å²) in [7, 11) is 0. The van der Waals surface area contributed by atoms with Gasteiger partial charge in [0.1, 0.15) is 0 Å². The molecule has 0 aromatic carbocycles. The van der Waals surface area contributed by atoms with Crippen LogP contribution in [0.25, 0.3) is 11.0 Å². The standard InChI is InChI=1S/C21H33N5O/c1-12(2)17-11-16(20(27)23-15-8-9-22-13(3)10-15)18-14(4)25-26(19(18)24-17)21(5,6)7/h11-13,15,22H,8-10H2,1-7H3,(H,23,27). The number of hydrogen-bond acceptors (Lipinski definition) is 4. The van der Waals surface area contributed by atoms with Crippen molar-refractivity contribution in [2.45, 2.75) is 84.8 Å². The second-order valence-electron chi connectivity index (χ2n) is 9.17. The summed E-state index contributed by atoms with van der Waals surface area (Å²) < 4.78 is 1.95. The van der Waals surface area contributed by atoms with E-state index < -0.39 is 0 Å². The molecule has 0 radical (unpaired) electrons. The average molecular weight is 372 g/mol. The summed E-state index contributed by atoms with van der Waals surface area (Å²) in [6.07, 6.45) is 1.92. The van der Waals surface area contributed by atoms with Crippen molar-refractivity contribution in [3.8, 4) is 0 Å². The van der Waals surface area contributed by atoms with Gasteiger partial charge in [0.05, 0.1) is 22.2 Å². The lowest BCUT2D eigenvalue weighted by Gasteiger charge is -2.28. The van der Waals surface area contributed by atoms with Crippen LogP contribution in [0.15, 0.2) is 6.07 Å². The fourth-order valence-corrected chi connectivity index (χ4v) is 3.78. The van der Waals surface area contributed by atoms with Gasteiger partial charge in [-0.2, -0.15) is 5.10 Å². The van der Waals surface area contributed by atoms with E-state index in [1.165, 1.54) is 0 Å². The molecule has 3 rings (SSSR count). The lowest BCUT2D eigenvalue weighted by Crippen LogP contribution is -2.46. The molecule has 6 nitrogen and oxygen atoms in total. The third kappa shape index (κ3) is 4.00. The summed E-state index contributed by atoms with van der Waals surface area (Å²) in [6.45, 7) is 15.6. The highest BCUT2D eigenvalue weighted by Gasteiger charge is 2.27. The molecule has 6 heteroatoms. The Balaban J connectivity index is 2.08. The van der Waals surface area contributed by atoms with Gasteiger partial charge in [0.15, 0.2) is 5.65 Å². The van der Waals surface area contributed by atoms with E-state index in [2.05, 4.69) is 52.2 Å². The van der Waals surface area contributed by atoms with Crippen LogP contribution in [0, 0.1) is 6.92 Å². The van der Waals surface area contributed by atoms with Crippen molar-refractivity contribution in [1.29, 1.82) is 0 Å². The smallest absolute Gasteiger partial charge is 0.252 e. The van der Waals surface area contributed by atoms with Crippen molar-refractivity contribution in [1.82, 2.24) is 25.4 Å². The second-order valence-corrected chi connectivity index (χ2v) is 9.17. The topological polar surface area (TPSA) is 71.8 Å². The molecule has 148 valence electrons. The number of rotatable bonds is 3. The van der Waals surface area contributed by atoms with Gasteiger partial charge in [-0.05, 0) is 66.0 Å². The van der Waals surface area contributed by atoms with Crippen LogP contribution < -0.4 is 10.6 Å². The normalized spacial score (nSPS) is 21.0. The highest BCUT2D eigenvalue weighted by molar-refractivity contribution is 6.06. The van der Waals surface area contributed by atoms with E-state index in [1.807, 2.05) is 17.7 Å². The van der Waals surface area contributed by atoms with Crippen LogP contribution in [0.1, 0.15) is 82.0 Å². The fourth-order valence-electron chi connectivity index (χ4n) is 3.78. The number of hydrogen-bond donors (Lipinski definition) is 2. The lowest BCUT2D eigenvalue weighted by atomic mass is 9.99. The van der Waals surface area contributed by atoms with Gasteiger partial charge < -0.3 is 10.6 Å². The van der Waals surface area contributed by atoms with Crippen molar-refractivity contribution in [3.05, 3.63) is 23.0 Å². The molecule has 2 N–H and O–H groups in total. The van der Waals surface area contributed by atoms with Gasteiger partial charge in [-0.25, -0.2) is 9.67 Å². The molecule has 0 bridgehead atoms. The summed E-state index contributed by atoms with van der Waals surface area (Å²) >= 11 is 0. The van der Waals surface area contributed by atoms with E-state index >= 15 is 0 Å². The van der Waals surface area contributed by atoms with Gasteiger partial charge in [-0.1, -0.05) is 13.8 Å². The minimum absolute atomic E-state index is 0.0139. The molecule has 2 aromatic heterocycles. The van der Waals surface area contributed by atoms with Gasteiger partial charge in [-0.3, -0.25) is 4.79 Å². The third-order valence-corrected chi connectivity index (χ3v) is 5.26. The summed E-state index contributed by atoms with van der Waals surface area (Å²) in [5.41, 5.74) is 3.08. The first-order chi connectivity index (χ1) is 12.6. The first-order valence-corrected chi connectivity index (χ1v) is 10.0. The van der Waals surface area contributed by atoms with Crippen molar-refractivity contribution in [3.63, 3.8) is 0 Å². The number of fused-ring (bicyclic) bond motifs is 1. The number of amides is 1. The van der Waals surface area contributed by atoms with Gasteiger partial charge in [0.25, 0.3) is 5.91 Å². The zero-order valence-electron chi connectivity index (χ0n) is 17.7. The molecule has 1 aliphatic rings. The van der Waals surface area contributed by atoms with E-state index in [0.29, 0.717) is 11.6 Å². The summed E-state index contributed by atoms with van der Waals surface area (Å²) in [5, 5.41) is 12.3. The molecule has 2 unspecified atom stereocenters. The van der Waals surface area contributed by atoms with Gasteiger partial charge in [-0.15, -0.1) is 0 Å². The average Bonchev–Trinajstić information content (AvgIpc) is 2.91. The maximum atomic E-state index is 13.2. The van der Waals surface area contributed by atoms with Crippen LogP contribution in [0.3, 0.4) is 0 Å². The number of nitrogens with one attached hydrogen (secondary N) is 2. The third-order valence-electron chi connectivity index (χ3n) is 5.26. The summed E-state index contributed by atoms with van der Waals surface area (Å²) in [5.74, 6) is 0.225. The van der Waals surface area contributed by atoms with E-state index in [1.54, 1.807) is 0 Å². The van der Waals surface area contributed by atoms with Crippen LogP contribution >= 0.6 is 0 Å². The largest absolute Gasteiger partial charge is 0.349 e. The van der Waals surface area contributed by atoms with E-state index in [0.717, 1.165) is 41.8 Å². The Bertz CT molecular complexity index is 846. The van der Waals surface area contributed by atoms with Crippen molar-refractivity contribution in [2.24, 2.45) is 0 Å². The van der Waals surface area contributed by atoms with Crippen molar-refractivity contribution < 1.29 is 4.79 Å². The molecule has 2 atom stereocenters. The molecule has 0 spiro atoms. The molecule has 3 heterocycles. The van der Waals surface area contributed by atoms with Gasteiger partial charge >= 0.3 is 0 Å². The quantitative estimate of drug-likeness (QED) is 0.866. The number of aromatic nitrogens is 3. The lowest BCUT2D eigenvalue weighted by molar-refractivity contribution is 0.0927. The monoisotopic (exact) mass is 371 g/mol. The van der Waals surface area contributed by atoms with Crippen LogP contribution in [0.4, 0.5) is 0 Å². The predicted molar refractivity (Wildman–Crippen MR) is 109 cm³/mol. The van der Waals surface area contributed by atoms with Gasteiger partial charge in [0, 0.05) is 17.8 Å². The number of carbonyl (C=O) groups is 1. The highest BCUT2D eigenvalue weighted by atomic mass is 16.1. The first kappa shape index (κ1) is 19.8. The molecule has 0 saturated carbocycles. The number of carbonyl (C=O) groups excluding carboxylic acids is 1. The number of nitrogens with zero attached hydrogens (tertiary/aromatic N) is 3. The maximum absolute atomic E-state index is 13.2. The molecule has 1 aliphatic heterocycles. The minimum Gasteiger partial charge on any atom is -0.349 e. The van der Waals surface area contributed by atoms with E-state index in [-0.39, 0.29) is 23.4 Å². The Morgan fingerprint density at radius 1 is 1.37 bits per heavy atom. The fraction of sp³-hybridized carbons (Fsp3) is 0.667.